The van der Waals surface area contributed by atoms with Crippen LogP contribution in [0.4, 0.5) is 15.8 Å². The molecule has 338 valence electrons. The van der Waals surface area contributed by atoms with E-state index in [4.69, 9.17) is 9.47 Å². The van der Waals surface area contributed by atoms with Gasteiger partial charge >= 0.3 is 0 Å². The number of methoxy groups -OCH3 is 1. The molecule has 0 unspecified atom stereocenters. The number of H-pyrrole nitrogens is 1. The number of pyridine rings is 1. The molecule has 0 bridgehead atoms. The van der Waals surface area contributed by atoms with Gasteiger partial charge in [-0.3, -0.25) is 29.0 Å². The Morgan fingerprint density at radius 2 is 1.77 bits per heavy atom. The molecule has 2 fully saturated rings. The first kappa shape index (κ1) is 45.4. The van der Waals surface area contributed by atoms with Crippen LogP contribution in [0.15, 0.2) is 85.2 Å². The number of rotatable bonds is 15. The molecule has 7 rings (SSSR count). The van der Waals surface area contributed by atoms with Gasteiger partial charge in [0.25, 0.3) is 5.91 Å². The van der Waals surface area contributed by atoms with E-state index in [1.54, 1.807) is 66.6 Å². The Balaban J connectivity index is 0.910. The number of anilines is 2. The zero-order valence-corrected chi connectivity index (χ0v) is 37.1. The number of halogens is 1. The second-order valence-electron chi connectivity index (χ2n) is 17.5. The van der Waals surface area contributed by atoms with Crippen LogP contribution < -0.4 is 25.6 Å². The predicted octanol–water partition coefficient (Wildman–Crippen LogP) is 5.71. The van der Waals surface area contributed by atoms with Crippen molar-refractivity contribution in [1.82, 2.24) is 40.5 Å². The molecule has 17 heteroatoms. The van der Waals surface area contributed by atoms with Crippen molar-refractivity contribution in [2.75, 3.05) is 50.2 Å². The highest BCUT2D eigenvalue weighted by Gasteiger charge is 2.42. The van der Waals surface area contributed by atoms with E-state index in [0.717, 1.165) is 16.9 Å². The number of nitrogens with zero attached hydrogens (tertiary/aromatic N) is 6. The summed E-state index contributed by atoms with van der Waals surface area (Å²) in [4.78, 5) is 62.7. The van der Waals surface area contributed by atoms with Crippen LogP contribution in [-0.4, -0.2) is 112 Å². The molecule has 5 aromatic rings. The monoisotopic (exact) mass is 876 g/mol. The van der Waals surface area contributed by atoms with Gasteiger partial charge in [0.2, 0.25) is 17.7 Å². The third-order valence-corrected chi connectivity index (χ3v) is 12.0. The van der Waals surface area contributed by atoms with Gasteiger partial charge in [0.15, 0.2) is 0 Å². The number of amides is 4. The molecule has 2 aliphatic heterocycles. The van der Waals surface area contributed by atoms with E-state index in [1.807, 2.05) is 58.2 Å². The molecule has 0 saturated carbocycles. The van der Waals surface area contributed by atoms with Crippen LogP contribution in [0.5, 0.6) is 5.75 Å². The minimum absolute atomic E-state index is 0.0520. The highest BCUT2D eigenvalue weighted by Crippen LogP contribution is 2.33. The minimum Gasteiger partial charge on any atom is -0.494 e. The number of likely N-dealkylation sites (tertiary alicyclic amines) is 1. The van der Waals surface area contributed by atoms with Gasteiger partial charge in [-0.25, -0.2) is 9.37 Å². The Morgan fingerprint density at radius 3 is 2.44 bits per heavy atom. The standard InChI is InChI=1S/C47H57FN10O6/c1-29-27-57(32-16-17-35(41(25-32)63-6)52-44(60)36-10-7-9-33(51-36)34-18-21-49-55-34)24-20-40(29)64-28-42(59)54-43(47(2,3)4)46(62)58-23-8-11-39(58)45(61)53-37(26-48)30-12-14-31(15-13-30)38-19-22-50-56(38)5/h7,9-10,12-19,21-22,25,29,37,39-40,43H,8,11,20,23-24,26-28H2,1-6H3,(H,49,55)(H,52,60)(H,53,61)(H,54,59)/t29-,37+,39+,40+,43-/m1/s1. The summed E-state index contributed by atoms with van der Waals surface area (Å²) in [6.45, 7) is 8.24. The molecule has 2 saturated heterocycles. The molecule has 16 nitrogen and oxygen atoms in total. The van der Waals surface area contributed by atoms with Crippen LogP contribution in [0.2, 0.25) is 0 Å². The van der Waals surface area contributed by atoms with E-state index in [0.29, 0.717) is 67.3 Å². The van der Waals surface area contributed by atoms with Gasteiger partial charge in [-0.15, -0.1) is 0 Å². The Morgan fingerprint density at radius 1 is 0.969 bits per heavy atom. The highest BCUT2D eigenvalue weighted by molar-refractivity contribution is 6.04. The molecule has 5 atom stereocenters. The lowest BCUT2D eigenvalue weighted by Gasteiger charge is -2.38. The van der Waals surface area contributed by atoms with E-state index in [1.165, 1.54) is 4.90 Å². The molecule has 64 heavy (non-hydrogen) atoms. The van der Waals surface area contributed by atoms with Crippen LogP contribution in [0, 0.1) is 11.3 Å². The van der Waals surface area contributed by atoms with Gasteiger partial charge in [-0.05, 0) is 78.1 Å². The van der Waals surface area contributed by atoms with Crippen LogP contribution in [0.3, 0.4) is 0 Å². The second-order valence-corrected chi connectivity index (χ2v) is 17.5. The summed E-state index contributed by atoms with van der Waals surface area (Å²) in [5, 5.41) is 19.7. The fraction of sp³-hybridized carbons (Fsp3) is 0.426. The fourth-order valence-electron chi connectivity index (χ4n) is 8.41. The van der Waals surface area contributed by atoms with E-state index in [9.17, 15) is 23.6 Å². The van der Waals surface area contributed by atoms with Crippen molar-refractivity contribution in [1.29, 1.82) is 0 Å². The van der Waals surface area contributed by atoms with Gasteiger partial charge in [0, 0.05) is 50.8 Å². The quantitative estimate of drug-likeness (QED) is 0.101. The summed E-state index contributed by atoms with van der Waals surface area (Å²) in [7, 11) is 3.39. The molecule has 0 aliphatic carbocycles. The number of hydrogen-bond acceptors (Lipinski definition) is 10. The smallest absolute Gasteiger partial charge is 0.274 e. The molecule has 0 radical (unpaired) electrons. The summed E-state index contributed by atoms with van der Waals surface area (Å²) >= 11 is 0. The number of aromatic nitrogens is 5. The molecule has 2 aliphatic rings. The number of carbonyl (C=O) groups excluding carboxylic acids is 4. The average molecular weight is 877 g/mol. The number of benzene rings is 2. The highest BCUT2D eigenvalue weighted by atomic mass is 19.1. The maximum Gasteiger partial charge on any atom is 0.274 e. The summed E-state index contributed by atoms with van der Waals surface area (Å²) in [5.74, 6) is -1.07. The third-order valence-electron chi connectivity index (χ3n) is 12.0. The number of ether oxygens (including phenoxy) is 2. The molecule has 5 heterocycles. The number of aromatic amines is 1. The van der Waals surface area contributed by atoms with Crippen molar-refractivity contribution < 1.29 is 33.0 Å². The lowest BCUT2D eigenvalue weighted by Crippen LogP contribution is -2.58. The van der Waals surface area contributed by atoms with E-state index in [2.05, 4.69) is 48.1 Å². The zero-order chi connectivity index (χ0) is 45.5. The third kappa shape index (κ3) is 10.4. The molecule has 4 amide bonds. The topological polar surface area (TPSA) is 189 Å². The lowest BCUT2D eigenvalue weighted by atomic mass is 9.85. The summed E-state index contributed by atoms with van der Waals surface area (Å²) < 4.78 is 28.0. The Kier molecular flexibility index (Phi) is 14.1. The van der Waals surface area contributed by atoms with Crippen molar-refractivity contribution >= 4 is 35.0 Å². The normalized spacial score (nSPS) is 18.6. The van der Waals surface area contributed by atoms with Gasteiger partial charge < -0.3 is 35.2 Å². The maximum atomic E-state index is 14.4. The van der Waals surface area contributed by atoms with E-state index >= 15 is 0 Å². The first-order chi connectivity index (χ1) is 30.7. The SMILES string of the molecule is COc1cc(N2CC[C@H](OCC(=O)N[C@H](C(=O)N3CCC[C@H]3C(=O)N[C@@H](CF)c3ccc(-c4ccnn4C)cc3)C(C)(C)C)[C@H](C)C2)ccc1NC(=O)c1cccc(-c2ccn[nH]2)n1. The first-order valence-corrected chi connectivity index (χ1v) is 21.6. The molecule has 4 N–H and O–H groups in total. The molecular formula is C47H57FN10O6. The van der Waals surface area contributed by atoms with Crippen LogP contribution in [-0.2, 0) is 26.2 Å². The molecule has 3 aromatic heterocycles. The van der Waals surface area contributed by atoms with Gasteiger partial charge in [0.1, 0.15) is 36.8 Å². The van der Waals surface area contributed by atoms with Crippen LogP contribution >= 0.6 is 0 Å². The van der Waals surface area contributed by atoms with Crippen LogP contribution in [0.1, 0.15) is 69.1 Å². The van der Waals surface area contributed by atoms with E-state index in [-0.39, 0.29) is 36.1 Å². The largest absolute Gasteiger partial charge is 0.494 e. The number of carbonyl (C=O) groups is 4. The number of piperidine rings is 1. The Bertz CT molecular complexity index is 2420. The summed E-state index contributed by atoms with van der Waals surface area (Å²) in [5.41, 5.74) is 4.70. The van der Waals surface area contributed by atoms with Crippen LogP contribution in [0.25, 0.3) is 22.6 Å². The van der Waals surface area contributed by atoms with Gasteiger partial charge in [-0.1, -0.05) is 58.0 Å². The summed E-state index contributed by atoms with van der Waals surface area (Å²) in [6, 6.07) is 19.1. The molecule has 2 aromatic carbocycles. The number of nitrogens with one attached hydrogen (secondary N) is 4. The minimum atomic E-state index is -0.932. The van der Waals surface area contributed by atoms with Crippen molar-refractivity contribution in [3.8, 4) is 28.4 Å². The van der Waals surface area contributed by atoms with Gasteiger partial charge in [-0.2, -0.15) is 10.2 Å². The second kappa shape index (κ2) is 19.8. The fourth-order valence-corrected chi connectivity index (χ4v) is 8.41. The predicted molar refractivity (Wildman–Crippen MR) is 240 cm³/mol. The summed E-state index contributed by atoms with van der Waals surface area (Å²) in [6.07, 6.45) is 4.79. The number of aryl methyl sites for hydroxylation is 1. The van der Waals surface area contributed by atoms with Gasteiger partial charge in [0.05, 0.1) is 42.0 Å². The maximum absolute atomic E-state index is 14.4. The Labute approximate surface area is 372 Å². The van der Waals surface area contributed by atoms with Crippen molar-refractivity contribution in [2.24, 2.45) is 18.4 Å². The van der Waals surface area contributed by atoms with Crippen molar-refractivity contribution in [3.05, 3.63) is 96.4 Å². The lowest BCUT2D eigenvalue weighted by molar-refractivity contribution is -0.145. The first-order valence-electron chi connectivity index (χ1n) is 21.6. The zero-order valence-electron chi connectivity index (χ0n) is 37.1. The van der Waals surface area contributed by atoms with Crippen molar-refractivity contribution in [3.63, 3.8) is 0 Å². The van der Waals surface area contributed by atoms with Crippen molar-refractivity contribution in [2.45, 2.75) is 71.2 Å². The average Bonchev–Trinajstić information content (AvgIpc) is 4.10. The number of hydrogen-bond donors (Lipinski definition) is 4. The van der Waals surface area contributed by atoms with E-state index < -0.39 is 42.0 Å². The Hall–Kier alpha value is -6.62. The molecular weight excluding hydrogens is 820 g/mol. The number of alkyl halides is 1. The molecule has 0 spiro atoms.